The molecule has 0 amide bonds. The van der Waals surface area contributed by atoms with Gasteiger partial charge in [0.2, 0.25) is 0 Å². The minimum atomic E-state index is -0.905. The van der Waals surface area contributed by atoms with Gasteiger partial charge in [0.1, 0.15) is 6.10 Å². The summed E-state index contributed by atoms with van der Waals surface area (Å²) in [6.07, 6.45) is -2.02. The second kappa shape index (κ2) is 2.62. The van der Waals surface area contributed by atoms with E-state index in [9.17, 15) is 0 Å². The highest BCUT2D eigenvalue weighted by Crippen LogP contribution is 2.17. The van der Waals surface area contributed by atoms with E-state index in [4.69, 9.17) is 15.3 Å². The quantitative estimate of drug-likeness (QED) is 0.406. The minimum Gasteiger partial charge on any atom is -0.394 e. The molecule has 0 bridgehead atoms. The van der Waals surface area contributed by atoms with E-state index in [0.717, 1.165) is 0 Å². The summed E-state index contributed by atoms with van der Waals surface area (Å²) in [7, 11) is 0. The van der Waals surface area contributed by atoms with Crippen molar-refractivity contribution in [3.8, 4) is 0 Å². The van der Waals surface area contributed by atoms with Gasteiger partial charge >= 0.3 is 0 Å². The Morgan fingerprint density at radius 3 is 2.33 bits per heavy atom. The molecule has 0 saturated carbocycles. The average molecular weight is 134 g/mol. The summed E-state index contributed by atoms with van der Waals surface area (Å²) >= 11 is 0. The lowest BCUT2D eigenvalue weighted by atomic mass is 10.2. The zero-order valence-corrected chi connectivity index (χ0v) is 4.90. The first-order valence-corrected chi connectivity index (χ1v) is 2.86. The van der Waals surface area contributed by atoms with Crippen LogP contribution in [0.2, 0.25) is 0 Å². The van der Waals surface area contributed by atoms with Crippen molar-refractivity contribution in [2.24, 2.45) is 0 Å². The van der Waals surface area contributed by atoms with Crippen LogP contribution in [0, 0.1) is 0 Å². The molecule has 3 atom stereocenters. The Hall–Kier alpha value is -0.160. The van der Waals surface area contributed by atoms with Crippen molar-refractivity contribution in [2.45, 2.75) is 24.9 Å². The maximum absolute atomic E-state index is 8.91. The van der Waals surface area contributed by atoms with E-state index in [0.29, 0.717) is 0 Å². The Bertz CT molecular complexity index is 95.0. The van der Waals surface area contributed by atoms with Gasteiger partial charge in [-0.15, -0.1) is 0 Å². The molecule has 1 aliphatic heterocycles. The Balaban J connectivity index is 2.38. The van der Waals surface area contributed by atoms with Crippen LogP contribution in [0.5, 0.6) is 0 Å². The maximum atomic E-state index is 8.91. The molecule has 54 valence electrons. The highest BCUT2D eigenvalue weighted by atomic mass is 16.6. The fraction of sp³-hybridized carbons (Fsp3) is 1.00. The van der Waals surface area contributed by atoms with E-state index in [1.165, 1.54) is 0 Å². The van der Waals surface area contributed by atoms with Crippen LogP contribution in [0.1, 0.15) is 6.42 Å². The predicted octanol–water partition coefficient (Wildman–Crippen LogP) is -1.55. The standard InChI is InChI=1S/C5H10O4/c6-2-4-3(7)1-5(8)9-4/h3-8H,1-2H2/t3-,4+,5?/m1/s1. The molecular formula is C5H10O4. The zero-order valence-electron chi connectivity index (χ0n) is 4.90. The molecule has 4 nitrogen and oxygen atoms in total. The molecule has 1 fully saturated rings. The second-order valence-electron chi connectivity index (χ2n) is 2.11. The smallest absolute Gasteiger partial charge is 0.157 e. The minimum absolute atomic E-state index is 0.200. The number of hydrogen-bond donors (Lipinski definition) is 3. The lowest BCUT2D eigenvalue weighted by Gasteiger charge is -2.08. The molecule has 1 aliphatic rings. The fourth-order valence-corrected chi connectivity index (χ4v) is 0.871. The molecule has 0 aromatic carbocycles. The number of aliphatic hydroxyl groups excluding tert-OH is 3. The van der Waals surface area contributed by atoms with Crippen LogP contribution in [-0.2, 0) is 4.74 Å². The predicted molar refractivity (Wildman–Crippen MR) is 28.6 cm³/mol. The summed E-state index contributed by atoms with van der Waals surface area (Å²) in [5.74, 6) is 0. The van der Waals surface area contributed by atoms with Gasteiger partial charge in [0.15, 0.2) is 6.29 Å². The van der Waals surface area contributed by atoms with Crippen molar-refractivity contribution >= 4 is 0 Å². The molecule has 1 rings (SSSR count). The summed E-state index contributed by atoms with van der Waals surface area (Å²) < 4.78 is 4.68. The Morgan fingerprint density at radius 2 is 2.11 bits per heavy atom. The molecule has 9 heavy (non-hydrogen) atoms. The first-order valence-electron chi connectivity index (χ1n) is 2.86. The van der Waals surface area contributed by atoms with Crippen LogP contribution in [-0.4, -0.2) is 40.4 Å². The zero-order chi connectivity index (χ0) is 6.85. The van der Waals surface area contributed by atoms with E-state index in [1.54, 1.807) is 0 Å². The van der Waals surface area contributed by atoms with Gasteiger partial charge in [0.05, 0.1) is 12.7 Å². The summed E-state index contributed by atoms with van der Waals surface area (Å²) in [6.45, 7) is -0.238. The second-order valence-corrected chi connectivity index (χ2v) is 2.11. The first-order chi connectivity index (χ1) is 4.24. The third kappa shape index (κ3) is 1.40. The summed E-state index contributed by atoms with van der Waals surface area (Å²) in [4.78, 5) is 0. The van der Waals surface area contributed by atoms with E-state index >= 15 is 0 Å². The summed E-state index contributed by atoms with van der Waals surface area (Å²) in [6, 6.07) is 0. The highest BCUT2D eigenvalue weighted by Gasteiger charge is 2.31. The van der Waals surface area contributed by atoms with E-state index in [-0.39, 0.29) is 13.0 Å². The molecule has 0 aliphatic carbocycles. The van der Waals surface area contributed by atoms with Crippen LogP contribution >= 0.6 is 0 Å². The number of rotatable bonds is 1. The molecule has 1 heterocycles. The van der Waals surface area contributed by atoms with Gasteiger partial charge in [-0.2, -0.15) is 0 Å². The molecule has 4 heteroatoms. The Labute approximate surface area is 52.7 Å². The van der Waals surface area contributed by atoms with Crippen LogP contribution in [0.15, 0.2) is 0 Å². The van der Waals surface area contributed by atoms with Gasteiger partial charge in [-0.3, -0.25) is 0 Å². The van der Waals surface area contributed by atoms with Crippen molar-refractivity contribution in [1.29, 1.82) is 0 Å². The first kappa shape index (κ1) is 6.95. The molecule has 3 N–H and O–H groups in total. The van der Waals surface area contributed by atoms with Gasteiger partial charge in [0.25, 0.3) is 0 Å². The van der Waals surface area contributed by atoms with Crippen molar-refractivity contribution in [3.05, 3.63) is 0 Å². The Kier molecular flexibility index (Phi) is 2.02. The molecule has 0 aromatic heterocycles. The molecule has 0 spiro atoms. The highest BCUT2D eigenvalue weighted by molar-refractivity contribution is 4.75. The third-order valence-electron chi connectivity index (χ3n) is 1.38. The van der Waals surface area contributed by atoms with Crippen LogP contribution in [0.25, 0.3) is 0 Å². The van der Waals surface area contributed by atoms with Crippen molar-refractivity contribution in [2.75, 3.05) is 6.61 Å². The number of aliphatic hydroxyl groups is 3. The summed E-state index contributed by atoms with van der Waals surface area (Å²) in [5.41, 5.74) is 0. The molecule has 0 aromatic rings. The van der Waals surface area contributed by atoms with Crippen LogP contribution in [0.3, 0.4) is 0 Å². The number of hydrogen-bond acceptors (Lipinski definition) is 4. The largest absolute Gasteiger partial charge is 0.394 e. The van der Waals surface area contributed by atoms with E-state index < -0.39 is 18.5 Å². The van der Waals surface area contributed by atoms with E-state index in [2.05, 4.69) is 4.74 Å². The average Bonchev–Trinajstić information content (AvgIpc) is 2.10. The summed E-state index contributed by atoms with van der Waals surface area (Å²) in [5, 5.41) is 26.1. The lowest BCUT2D eigenvalue weighted by Crippen LogP contribution is -2.24. The molecular weight excluding hydrogens is 124 g/mol. The Morgan fingerprint density at radius 1 is 1.44 bits per heavy atom. The van der Waals surface area contributed by atoms with Crippen molar-refractivity contribution in [3.63, 3.8) is 0 Å². The fourth-order valence-electron chi connectivity index (χ4n) is 0.871. The third-order valence-corrected chi connectivity index (χ3v) is 1.38. The van der Waals surface area contributed by atoms with Crippen LogP contribution < -0.4 is 0 Å². The van der Waals surface area contributed by atoms with Crippen LogP contribution in [0.4, 0.5) is 0 Å². The monoisotopic (exact) mass is 134 g/mol. The maximum Gasteiger partial charge on any atom is 0.157 e. The van der Waals surface area contributed by atoms with Gasteiger partial charge in [-0.05, 0) is 0 Å². The normalized spacial score (nSPS) is 43.7. The number of ether oxygens (including phenoxy) is 1. The van der Waals surface area contributed by atoms with Gasteiger partial charge in [-0.25, -0.2) is 0 Å². The van der Waals surface area contributed by atoms with Crippen molar-refractivity contribution in [1.82, 2.24) is 0 Å². The van der Waals surface area contributed by atoms with Crippen molar-refractivity contribution < 1.29 is 20.1 Å². The van der Waals surface area contributed by atoms with Gasteiger partial charge in [0, 0.05) is 6.42 Å². The topological polar surface area (TPSA) is 69.9 Å². The lowest BCUT2D eigenvalue weighted by molar-refractivity contribution is -0.107. The van der Waals surface area contributed by atoms with Gasteiger partial charge < -0.3 is 20.1 Å². The molecule has 1 unspecified atom stereocenters. The SMILES string of the molecule is OC[C@@H]1OC(O)C[C@H]1O. The molecule has 1 saturated heterocycles. The molecule has 0 radical (unpaired) electrons. The van der Waals surface area contributed by atoms with E-state index in [1.807, 2.05) is 0 Å². The van der Waals surface area contributed by atoms with Gasteiger partial charge in [-0.1, -0.05) is 0 Å².